The monoisotopic (exact) mass is 197 g/mol. The molecule has 0 unspecified atom stereocenters. The smallest absolute Gasteiger partial charge is 0.330 e. The van der Waals surface area contributed by atoms with E-state index < -0.39 is 0 Å². The highest BCUT2D eigenvalue weighted by atomic mass is 16.5. The Morgan fingerprint density at radius 3 is 2.50 bits per heavy atom. The summed E-state index contributed by atoms with van der Waals surface area (Å²) in [5.74, 6) is 0.326. The molecule has 0 saturated carbocycles. The molecule has 0 atom stereocenters. The van der Waals surface area contributed by atoms with Crippen molar-refractivity contribution in [2.45, 2.75) is 19.8 Å². The first-order valence-corrected chi connectivity index (χ1v) is 5.08. The second-order valence-electron chi connectivity index (χ2n) is 3.99. The third kappa shape index (κ3) is 3.14. The van der Waals surface area contributed by atoms with Crippen molar-refractivity contribution in [2.24, 2.45) is 5.92 Å². The normalized spacial score (nSPS) is 20.9. The zero-order valence-corrected chi connectivity index (χ0v) is 9.25. The maximum absolute atomic E-state index is 11.0. The van der Waals surface area contributed by atoms with Gasteiger partial charge in [0.05, 0.1) is 7.11 Å². The van der Waals surface area contributed by atoms with Crippen molar-refractivity contribution in [1.29, 1.82) is 0 Å². The molecule has 0 N–H and O–H groups in total. The van der Waals surface area contributed by atoms with Crippen molar-refractivity contribution < 1.29 is 9.53 Å². The number of hydrogen-bond acceptors (Lipinski definition) is 3. The van der Waals surface area contributed by atoms with Crippen LogP contribution >= 0.6 is 0 Å². The van der Waals surface area contributed by atoms with Gasteiger partial charge in [-0.05, 0) is 45.8 Å². The molecule has 0 aromatic heterocycles. The first-order valence-electron chi connectivity index (χ1n) is 5.08. The molecular weight excluding hydrogens is 178 g/mol. The highest BCUT2D eigenvalue weighted by Gasteiger charge is 2.18. The lowest BCUT2D eigenvalue weighted by molar-refractivity contribution is -0.134. The topological polar surface area (TPSA) is 29.5 Å². The maximum Gasteiger partial charge on any atom is 0.330 e. The molecule has 3 nitrogen and oxygen atoms in total. The Balaban J connectivity index is 2.48. The minimum absolute atomic E-state index is 0.235. The van der Waals surface area contributed by atoms with Crippen molar-refractivity contribution in [3.8, 4) is 0 Å². The van der Waals surface area contributed by atoms with E-state index in [9.17, 15) is 4.79 Å². The SMILES string of the molecule is COC(=O)/C=C(\C)C1CCN(C)CC1. The summed E-state index contributed by atoms with van der Waals surface area (Å²) >= 11 is 0. The summed E-state index contributed by atoms with van der Waals surface area (Å²) in [6, 6.07) is 0. The quantitative estimate of drug-likeness (QED) is 0.495. The van der Waals surface area contributed by atoms with Crippen LogP contribution in [0.2, 0.25) is 0 Å². The van der Waals surface area contributed by atoms with Gasteiger partial charge in [0.1, 0.15) is 0 Å². The van der Waals surface area contributed by atoms with Crippen LogP contribution in [0.1, 0.15) is 19.8 Å². The van der Waals surface area contributed by atoms with Gasteiger partial charge >= 0.3 is 5.97 Å². The third-order valence-electron chi connectivity index (χ3n) is 2.91. The number of allylic oxidation sites excluding steroid dienone is 1. The standard InChI is InChI=1S/C11H19NO2/c1-9(8-11(13)14-3)10-4-6-12(2)7-5-10/h8,10H,4-7H2,1-3H3/b9-8+. The molecule has 0 amide bonds. The number of likely N-dealkylation sites (tertiary alicyclic amines) is 1. The Morgan fingerprint density at radius 1 is 1.43 bits per heavy atom. The summed E-state index contributed by atoms with van der Waals surface area (Å²) in [5, 5.41) is 0. The van der Waals surface area contributed by atoms with Crippen molar-refractivity contribution >= 4 is 5.97 Å². The second kappa shape index (κ2) is 5.15. The number of rotatable bonds is 2. The number of hydrogen-bond donors (Lipinski definition) is 0. The molecule has 1 rings (SSSR count). The van der Waals surface area contributed by atoms with Gasteiger partial charge in [0.15, 0.2) is 0 Å². The molecule has 0 bridgehead atoms. The highest BCUT2D eigenvalue weighted by molar-refractivity contribution is 5.82. The second-order valence-corrected chi connectivity index (χ2v) is 3.99. The maximum atomic E-state index is 11.0. The van der Waals surface area contributed by atoms with E-state index in [2.05, 4.69) is 16.7 Å². The van der Waals surface area contributed by atoms with Crippen LogP contribution in [0, 0.1) is 5.92 Å². The van der Waals surface area contributed by atoms with E-state index in [0.29, 0.717) is 5.92 Å². The molecular formula is C11H19NO2. The molecule has 1 heterocycles. The zero-order valence-electron chi connectivity index (χ0n) is 9.25. The predicted octanol–water partition coefficient (Wildman–Crippen LogP) is 1.45. The zero-order chi connectivity index (χ0) is 10.6. The lowest BCUT2D eigenvalue weighted by atomic mass is 9.90. The Kier molecular flexibility index (Phi) is 4.14. The average molecular weight is 197 g/mol. The number of esters is 1. The van der Waals surface area contributed by atoms with Crippen LogP contribution < -0.4 is 0 Å². The van der Waals surface area contributed by atoms with E-state index in [1.54, 1.807) is 6.08 Å². The van der Waals surface area contributed by atoms with Crippen LogP contribution in [0.3, 0.4) is 0 Å². The number of ether oxygens (including phenoxy) is 1. The van der Waals surface area contributed by atoms with Crippen molar-refractivity contribution in [3.05, 3.63) is 11.6 Å². The summed E-state index contributed by atoms with van der Waals surface area (Å²) in [6.45, 7) is 4.26. The van der Waals surface area contributed by atoms with Crippen molar-refractivity contribution in [1.82, 2.24) is 4.90 Å². The molecule has 0 spiro atoms. The Morgan fingerprint density at radius 2 is 2.00 bits per heavy atom. The van der Waals surface area contributed by atoms with E-state index >= 15 is 0 Å². The first-order chi connectivity index (χ1) is 6.63. The molecule has 0 aromatic rings. The fourth-order valence-electron chi connectivity index (χ4n) is 1.83. The van der Waals surface area contributed by atoms with Crippen LogP contribution in [0.5, 0.6) is 0 Å². The molecule has 0 aliphatic carbocycles. The van der Waals surface area contributed by atoms with Gasteiger partial charge in [-0.25, -0.2) is 4.79 Å². The van der Waals surface area contributed by atoms with Crippen molar-refractivity contribution in [2.75, 3.05) is 27.2 Å². The number of carbonyl (C=O) groups excluding carboxylic acids is 1. The summed E-state index contributed by atoms with van der Waals surface area (Å²) in [5.41, 5.74) is 1.16. The summed E-state index contributed by atoms with van der Waals surface area (Å²) in [4.78, 5) is 13.3. The van der Waals surface area contributed by atoms with Gasteiger partial charge in [0.25, 0.3) is 0 Å². The van der Waals surface area contributed by atoms with E-state index in [1.165, 1.54) is 7.11 Å². The van der Waals surface area contributed by atoms with Crippen molar-refractivity contribution in [3.63, 3.8) is 0 Å². The summed E-state index contributed by atoms with van der Waals surface area (Å²) in [6.07, 6.45) is 3.92. The largest absolute Gasteiger partial charge is 0.466 e. The van der Waals surface area contributed by atoms with Crippen LogP contribution in [-0.4, -0.2) is 38.1 Å². The van der Waals surface area contributed by atoms with E-state index in [-0.39, 0.29) is 5.97 Å². The molecule has 1 aliphatic rings. The van der Waals surface area contributed by atoms with Gasteiger partial charge in [-0.15, -0.1) is 0 Å². The van der Waals surface area contributed by atoms with Gasteiger partial charge in [-0.1, -0.05) is 5.57 Å². The van der Waals surface area contributed by atoms with Gasteiger partial charge < -0.3 is 9.64 Å². The minimum atomic E-state index is -0.235. The van der Waals surface area contributed by atoms with Crippen LogP contribution in [0.25, 0.3) is 0 Å². The van der Waals surface area contributed by atoms with Crippen LogP contribution in [0.4, 0.5) is 0 Å². The first kappa shape index (κ1) is 11.2. The number of carbonyl (C=O) groups is 1. The molecule has 14 heavy (non-hydrogen) atoms. The Bertz CT molecular complexity index is 227. The van der Waals surface area contributed by atoms with Gasteiger partial charge in [0, 0.05) is 6.08 Å². The molecule has 1 aliphatic heterocycles. The third-order valence-corrected chi connectivity index (χ3v) is 2.91. The minimum Gasteiger partial charge on any atom is -0.466 e. The van der Waals surface area contributed by atoms with E-state index in [0.717, 1.165) is 31.5 Å². The fourth-order valence-corrected chi connectivity index (χ4v) is 1.83. The molecule has 0 aromatic carbocycles. The van der Waals surface area contributed by atoms with Gasteiger partial charge in [-0.2, -0.15) is 0 Å². The Hall–Kier alpha value is -0.830. The van der Waals surface area contributed by atoms with Gasteiger partial charge in [-0.3, -0.25) is 0 Å². The van der Waals surface area contributed by atoms with Crippen LogP contribution in [-0.2, 0) is 9.53 Å². The molecule has 80 valence electrons. The fraction of sp³-hybridized carbons (Fsp3) is 0.727. The molecule has 1 fully saturated rings. The predicted molar refractivity (Wildman–Crippen MR) is 56.0 cm³/mol. The van der Waals surface area contributed by atoms with E-state index in [1.807, 2.05) is 6.92 Å². The number of piperidine rings is 1. The van der Waals surface area contributed by atoms with Crippen LogP contribution in [0.15, 0.2) is 11.6 Å². The lowest BCUT2D eigenvalue weighted by Gasteiger charge is -2.29. The molecule has 1 saturated heterocycles. The number of methoxy groups -OCH3 is 1. The summed E-state index contributed by atoms with van der Waals surface area (Å²) < 4.78 is 4.61. The van der Waals surface area contributed by atoms with E-state index in [4.69, 9.17) is 0 Å². The molecule has 0 radical (unpaired) electrons. The van der Waals surface area contributed by atoms with Gasteiger partial charge in [0.2, 0.25) is 0 Å². The number of nitrogens with zero attached hydrogens (tertiary/aromatic N) is 1. The highest BCUT2D eigenvalue weighted by Crippen LogP contribution is 2.23. The average Bonchev–Trinajstić information content (AvgIpc) is 2.18. The Labute approximate surface area is 85.7 Å². The summed E-state index contributed by atoms with van der Waals surface area (Å²) in [7, 11) is 3.55. The lowest BCUT2D eigenvalue weighted by Crippen LogP contribution is -2.30. The molecule has 3 heteroatoms.